The van der Waals surface area contributed by atoms with E-state index >= 15 is 0 Å². The molecule has 0 atom stereocenters. The largest absolute Gasteiger partial charge is 0.497 e. The molecule has 2 fully saturated rings. The van der Waals surface area contributed by atoms with Crippen LogP contribution in [0, 0.1) is 11.8 Å². The minimum atomic E-state index is -4.55. The highest BCUT2D eigenvalue weighted by molar-refractivity contribution is 5.90. The minimum absolute atomic E-state index is 0.00612. The molecule has 2 aliphatic rings. The third-order valence-corrected chi connectivity index (χ3v) is 8.39. The van der Waals surface area contributed by atoms with E-state index in [-0.39, 0.29) is 11.8 Å². The van der Waals surface area contributed by atoms with Gasteiger partial charge in [0, 0.05) is 17.8 Å². The van der Waals surface area contributed by atoms with Crippen LogP contribution in [0.3, 0.4) is 0 Å². The SMILES string of the molecule is COc1ccc2nc(-c3ccc(C(F)(F)F)nc3)n(C(C(N)=O)(C3CCCCC3)C3CCCCC3)c2c1. The number of hydrogen-bond acceptors (Lipinski definition) is 4. The first-order valence-corrected chi connectivity index (χ1v) is 13.2. The summed E-state index contributed by atoms with van der Waals surface area (Å²) >= 11 is 0. The molecule has 2 aromatic heterocycles. The summed E-state index contributed by atoms with van der Waals surface area (Å²) < 4.78 is 47.3. The van der Waals surface area contributed by atoms with E-state index in [4.69, 9.17) is 15.5 Å². The highest BCUT2D eigenvalue weighted by Crippen LogP contribution is 2.50. The van der Waals surface area contributed by atoms with Gasteiger partial charge in [-0.05, 0) is 61.8 Å². The third-order valence-electron chi connectivity index (χ3n) is 8.39. The van der Waals surface area contributed by atoms with Crippen molar-refractivity contribution in [2.24, 2.45) is 17.6 Å². The lowest BCUT2D eigenvalue weighted by molar-refractivity contribution is -0.141. The number of aromatic nitrogens is 3. The maximum Gasteiger partial charge on any atom is 0.433 e. The van der Waals surface area contributed by atoms with E-state index < -0.39 is 23.3 Å². The summed E-state index contributed by atoms with van der Waals surface area (Å²) in [6, 6.07) is 7.82. The van der Waals surface area contributed by atoms with Crippen LogP contribution in [0.5, 0.6) is 5.75 Å². The van der Waals surface area contributed by atoms with Crippen molar-refractivity contribution >= 4 is 16.9 Å². The zero-order valence-electron chi connectivity index (χ0n) is 21.1. The summed E-state index contributed by atoms with van der Waals surface area (Å²) in [5.41, 5.74) is 6.15. The summed E-state index contributed by atoms with van der Waals surface area (Å²) in [5.74, 6) is 0.642. The van der Waals surface area contributed by atoms with Gasteiger partial charge in [0.05, 0.1) is 18.1 Å². The highest BCUT2D eigenvalue weighted by Gasteiger charge is 2.53. The lowest BCUT2D eigenvalue weighted by Crippen LogP contribution is -2.58. The average molecular weight is 515 g/mol. The molecule has 2 heterocycles. The molecule has 1 amide bonds. The van der Waals surface area contributed by atoms with Crippen LogP contribution in [0.4, 0.5) is 13.2 Å². The number of benzene rings is 1. The van der Waals surface area contributed by atoms with E-state index in [1.807, 2.05) is 16.7 Å². The maximum absolute atomic E-state index is 13.9. The van der Waals surface area contributed by atoms with Gasteiger partial charge in [0.15, 0.2) is 0 Å². The van der Waals surface area contributed by atoms with Crippen molar-refractivity contribution in [3.05, 3.63) is 42.2 Å². The van der Waals surface area contributed by atoms with E-state index in [1.165, 1.54) is 12.3 Å². The molecule has 2 saturated carbocycles. The molecule has 37 heavy (non-hydrogen) atoms. The first-order valence-electron chi connectivity index (χ1n) is 13.2. The molecule has 6 nitrogen and oxygen atoms in total. The molecule has 9 heteroatoms. The normalized spacial score (nSPS) is 18.3. The van der Waals surface area contributed by atoms with Gasteiger partial charge in [-0.25, -0.2) is 4.98 Å². The monoisotopic (exact) mass is 514 g/mol. The number of fused-ring (bicyclic) bond motifs is 1. The van der Waals surface area contributed by atoms with Crippen LogP contribution < -0.4 is 10.5 Å². The first-order chi connectivity index (χ1) is 17.8. The molecular formula is C28H33F3N4O2. The van der Waals surface area contributed by atoms with Gasteiger partial charge in [0.25, 0.3) is 0 Å². The standard InChI is InChI=1S/C28H33F3N4O2/c1-37-21-13-14-22-23(16-21)35(25(34-22)18-12-15-24(33-17-18)28(29,30)31)27(26(32)36,19-8-4-2-5-9-19)20-10-6-3-7-11-20/h12-17,19-20H,2-11H2,1H3,(H2,32,36). The Balaban J connectivity index is 1.81. The van der Waals surface area contributed by atoms with E-state index in [0.29, 0.717) is 28.2 Å². The van der Waals surface area contributed by atoms with Crippen molar-refractivity contribution < 1.29 is 22.7 Å². The van der Waals surface area contributed by atoms with Gasteiger partial charge in [-0.15, -0.1) is 0 Å². The summed E-state index contributed by atoms with van der Waals surface area (Å²) in [5, 5.41) is 0. The number of halogens is 3. The number of alkyl halides is 3. The number of rotatable bonds is 6. The molecule has 0 radical (unpaired) electrons. The van der Waals surface area contributed by atoms with Gasteiger partial charge >= 0.3 is 6.18 Å². The van der Waals surface area contributed by atoms with Gasteiger partial charge in [-0.2, -0.15) is 13.2 Å². The summed E-state index contributed by atoms with van der Waals surface area (Å²) in [4.78, 5) is 22.4. The Hall–Kier alpha value is -3.10. The maximum atomic E-state index is 13.9. The lowest BCUT2D eigenvalue weighted by atomic mass is 9.63. The topological polar surface area (TPSA) is 83.0 Å². The number of hydrogen-bond donors (Lipinski definition) is 1. The van der Waals surface area contributed by atoms with Crippen LogP contribution in [0.25, 0.3) is 22.4 Å². The molecule has 3 aromatic rings. The highest BCUT2D eigenvalue weighted by atomic mass is 19.4. The molecule has 0 aliphatic heterocycles. The number of imidazole rings is 1. The third kappa shape index (κ3) is 4.46. The van der Waals surface area contributed by atoms with Gasteiger partial charge in [-0.3, -0.25) is 9.78 Å². The van der Waals surface area contributed by atoms with E-state index in [1.54, 1.807) is 13.2 Å². The lowest BCUT2D eigenvalue weighted by Gasteiger charge is -2.48. The molecule has 0 spiro atoms. The van der Waals surface area contributed by atoms with Crippen molar-refractivity contribution in [1.82, 2.24) is 14.5 Å². The molecular weight excluding hydrogens is 481 g/mol. The van der Waals surface area contributed by atoms with Gasteiger partial charge in [0.1, 0.15) is 22.8 Å². The number of nitrogens with two attached hydrogens (primary N) is 1. The zero-order valence-corrected chi connectivity index (χ0v) is 21.1. The number of methoxy groups -OCH3 is 1. The number of primary amides is 1. The Morgan fingerprint density at radius 3 is 2.08 bits per heavy atom. The Morgan fingerprint density at radius 1 is 0.973 bits per heavy atom. The van der Waals surface area contributed by atoms with Crippen LogP contribution in [-0.4, -0.2) is 27.6 Å². The fourth-order valence-corrected chi connectivity index (χ4v) is 6.74. The Kier molecular flexibility index (Phi) is 6.89. The fraction of sp³-hybridized carbons (Fsp3) is 0.536. The van der Waals surface area contributed by atoms with Crippen LogP contribution in [0.2, 0.25) is 0 Å². The summed E-state index contributed by atoms with van der Waals surface area (Å²) in [7, 11) is 1.58. The van der Waals surface area contributed by atoms with Crippen molar-refractivity contribution in [2.75, 3.05) is 7.11 Å². The number of carbonyl (C=O) groups excluding carboxylic acids is 1. The van der Waals surface area contributed by atoms with Crippen molar-refractivity contribution in [2.45, 2.75) is 75.9 Å². The first kappa shape index (κ1) is 25.5. The van der Waals surface area contributed by atoms with Crippen LogP contribution >= 0.6 is 0 Å². The zero-order chi connectivity index (χ0) is 26.2. The van der Waals surface area contributed by atoms with Crippen molar-refractivity contribution in [1.29, 1.82) is 0 Å². The Morgan fingerprint density at radius 2 is 1.59 bits per heavy atom. The van der Waals surface area contributed by atoms with E-state index in [0.717, 1.165) is 70.3 Å². The number of nitrogens with zero attached hydrogens (tertiary/aromatic N) is 3. The Labute approximate surface area is 214 Å². The van der Waals surface area contributed by atoms with Gasteiger partial charge in [-0.1, -0.05) is 38.5 Å². The predicted molar refractivity (Wildman–Crippen MR) is 135 cm³/mol. The number of pyridine rings is 1. The molecule has 2 aliphatic carbocycles. The van der Waals surface area contributed by atoms with Crippen LogP contribution in [0.1, 0.15) is 69.9 Å². The van der Waals surface area contributed by atoms with E-state index in [2.05, 4.69) is 4.98 Å². The van der Waals surface area contributed by atoms with Crippen LogP contribution in [-0.2, 0) is 16.5 Å². The van der Waals surface area contributed by atoms with Crippen LogP contribution in [0.15, 0.2) is 36.5 Å². The number of ether oxygens (including phenoxy) is 1. The second kappa shape index (κ2) is 9.99. The average Bonchev–Trinajstić information content (AvgIpc) is 3.29. The fourth-order valence-electron chi connectivity index (χ4n) is 6.74. The minimum Gasteiger partial charge on any atom is -0.497 e. The molecule has 1 aromatic carbocycles. The van der Waals surface area contributed by atoms with E-state index in [9.17, 15) is 18.0 Å². The molecule has 2 N–H and O–H groups in total. The molecule has 0 unspecified atom stereocenters. The molecule has 5 rings (SSSR count). The predicted octanol–water partition coefficient (Wildman–Crippen LogP) is 6.47. The smallest absolute Gasteiger partial charge is 0.433 e. The number of carbonyl (C=O) groups is 1. The second-order valence-corrected chi connectivity index (χ2v) is 10.4. The molecule has 0 saturated heterocycles. The van der Waals surface area contributed by atoms with Gasteiger partial charge in [0.2, 0.25) is 5.91 Å². The van der Waals surface area contributed by atoms with Crippen molar-refractivity contribution in [3.63, 3.8) is 0 Å². The van der Waals surface area contributed by atoms with Gasteiger partial charge < -0.3 is 15.0 Å². The molecule has 198 valence electrons. The second-order valence-electron chi connectivity index (χ2n) is 10.4. The quantitative estimate of drug-likeness (QED) is 0.409. The molecule has 0 bridgehead atoms. The summed E-state index contributed by atoms with van der Waals surface area (Å²) in [6.45, 7) is 0. The summed E-state index contributed by atoms with van der Waals surface area (Å²) in [6.07, 6.45) is 6.41. The number of amides is 1. The Bertz CT molecular complexity index is 1240. The van der Waals surface area contributed by atoms with Crippen molar-refractivity contribution in [3.8, 4) is 17.1 Å².